The van der Waals surface area contributed by atoms with Crippen LogP contribution in [0.4, 0.5) is 0 Å². The third kappa shape index (κ3) is 7.92. The van der Waals surface area contributed by atoms with Gasteiger partial charge in [0, 0.05) is 6.67 Å². The third-order valence-electron chi connectivity index (χ3n) is 1.20. The zero-order valence-corrected chi connectivity index (χ0v) is 6.70. The molecule has 0 rings (SSSR count). The van der Waals surface area contributed by atoms with Gasteiger partial charge in [-0.3, -0.25) is 0 Å². The van der Waals surface area contributed by atoms with Gasteiger partial charge in [0.1, 0.15) is 0 Å². The zero-order valence-electron chi connectivity index (χ0n) is 6.70. The molecule has 0 aromatic heterocycles. The molecule has 0 aliphatic rings. The molecule has 2 heteroatoms. The fraction of sp³-hybridized carbons (Fsp3) is 1.00. The fourth-order valence-electron chi connectivity index (χ4n) is 0.604. The van der Waals surface area contributed by atoms with Crippen molar-refractivity contribution in [2.75, 3.05) is 20.3 Å². The minimum absolute atomic E-state index is 0.814. The number of hydrogen-bond donors (Lipinski definition) is 2. The quantitative estimate of drug-likeness (QED) is 0.425. The Morgan fingerprint density at radius 1 is 1.33 bits per heavy atom. The lowest BCUT2D eigenvalue weighted by Crippen LogP contribution is -2.27. The molecule has 0 amide bonds. The number of rotatable bonds is 5. The molecule has 2 nitrogen and oxygen atoms in total. The minimum atomic E-state index is 0.814. The van der Waals surface area contributed by atoms with Gasteiger partial charge < -0.3 is 10.6 Å². The van der Waals surface area contributed by atoms with E-state index in [0.717, 1.165) is 19.1 Å². The van der Waals surface area contributed by atoms with E-state index in [1.54, 1.807) is 0 Å². The van der Waals surface area contributed by atoms with Gasteiger partial charge >= 0.3 is 0 Å². The van der Waals surface area contributed by atoms with Gasteiger partial charge in [0.25, 0.3) is 0 Å². The zero-order chi connectivity index (χ0) is 7.11. The van der Waals surface area contributed by atoms with Crippen LogP contribution < -0.4 is 10.6 Å². The van der Waals surface area contributed by atoms with Crippen molar-refractivity contribution in [3.8, 4) is 0 Å². The average molecular weight is 130 g/mol. The number of hydrogen-bond acceptors (Lipinski definition) is 2. The molecule has 0 aromatic carbocycles. The molecule has 0 heterocycles. The highest BCUT2D eigenvalue weighted by molar-refractivity contribution is 4.48. The standard InChI is InChI=1S/C7H18N2/c1-7(2)4-5-9-6-8-3/h7-9H,4-6H2,1-3H3. The van der Waals surface area contributed by atoms with Gasteiger partial charge in [-0.2, -0.15) is 0 Å². The molecule has 0 spiro atoms. The van der Waals surface area contributed by atoms with Gasteiger partial charge in [-0.1, -0.05) is 13.8 Å². The van der Waals surface area contributed by atoms with Gasteiger partial charge in [-0.15, -0.1) is 0 Å². The summed E-state index contributed by atoms with van der Waals surface area (Å²) in [5.41, 5.74) is 0. The van der Waals surface area contributed by atoms with E-state index in [4.69, 9.17) is 0 Å². The monoisotopic (exact) mass is 130 g/mol. The first-order valence-electron chi connectivity index (χ1n) is 3.62. The van der Waals surface area contributed by atoms with Crippen LogP contribution in [0.2, 0.25) is 0 Å². The second-order valence-electron chi connectivity index (χ2n) is 2.71. The van der Waals surface area contributed by atoms with Crippen molar-refractivity contribution in [3.63, 3.8) is 0 Å². The van der Waals surface area contributed by atoms with E-state index in [1.165, 1.54) is 6.42 Å². The second-order valence-corrected chi connectivity index (χ2v) is 2.71. The van der Waals surface area contributed by atoms with E-state index in [1.807, 2.05) is 7.05 Å². The summed E-state index contributed by atoms with van der Waals surface area (Å²) in [6.45, 7) is 6.52. The summed E-state index contributed by atoms with van der Waals surface area (Å²) in [4.78, 5) is 0. The molecule has 0 saturated carbocycles. The van der Waals surface area contributed by atoms with Crippen LogP contribution in [0, 0.1) is 5.92 Å². The van der Waals surface area contributed by atoms with Crippen molar-refractivity contribution in [3.05, 3.63) is 0 Å². The maximum atomic E-state index is 3.26. The summed E-state index contributed by atoms with van der Waals surface area (Å²) in [5.74, 6) is 0.814. The van der Waals surface area contributed by atoms with Gasteiger partial charge in [-0.25, -0.2) is 0 Å². The Hall–Kier alpha value is -0.0800. The van der Waals surface area contributed by atoms with E-state index in [9.17, 15) is 0 Å². The molecule has 0 aliphatic carbocycles. The molecule has 0 bridgehead atoms. The molecule has 56 valence electrons. The molecule has 0 atom stereocenters. The Morgan fingerprint density at radius 3 is 2.44 bits per heavy atom. The van der Waals surface area contributed by atoms with E-state index >= 15 is 0 Å². The molecular weight excluding hydrogens is 112 g/mol. The van der Waals surface area contributed by atoms with Crippen LogP contribution in [-0.2, 0) is 0 Å². The van der Waals surface area contributed by atoms with Crippen LogP contribution in [0.1, 0.15) is 20.3 Å². The predicted octanol–water partition coefficient (Wildman–Crippen LogP) is 0.799. The van der Waals surface area contributed by atoms with Gasteiger partial charge in [0.05, 0.1) is 0 Å². The number of nitrogens with one attached hydrogen (secondary N) is 2. The van der Waals surface area contributed by atoms with Crippen LogP contribution in [0.25, 0.3) is 0 Å². The lowest BCUT2D eigenvalue weighted by atomic mass is 10.1. The molecule has 0 aliphatic heterocycles. The first-order chi connectivity index (χ1) is 4.27. The first-order valence-corrected chi connectivity index (χ1v) is 3.62. The Labute approximate surface area is 58.0 Å². The lowest BCUT2D eigenvalue weighted by Gasteiger charge is -2.04. The van der Waals surface area contributed by atoms with Crippen LogP contribution in [-0.4, -0.2) is 20.3 Å². The summed E-state index contributed by atoms with van der Waals surface area (Å²) >= 11 is 0. The van der Waals surface area contributed by atoms with Crippen molar-refractivity contribution in [2.24, 2.45) is 5.92 Å². The third-order valence-corrected chi connectivity index (χ3v) is 1.20. The second kappa shape index (κ2) is 6.05. The van der Waals surface area contributed by atoms with Crippen molar-refractivity contribution in [2.45, 2.75) is 20.3 Å². The van der Waals surface area contributed by atoms with Crippen molar-refractivity contribution < 1.29 is 0 Å². The lowest BCUT2D eigenvalue weighted by molar-refractivity contribution is 0.525. The summed E-state index contributed by atoms with van der Waals surface area (Å²) < 4.78 is 0. The molecule has 2 N–H and O–H groups in total. The van der Waals surface area contributed by atoms with Gasteiger partial charge in [0.2, 0.25) is 0 Å². The topological polar surface area (TPSA) is 24.1 Å². The molecule has 0 fully saturated rings. The maximum absolute atomic E-state index is 3.26. The summed E-state index contributed by atoms with van der Waals surface area (Å²) in [6.07, 6.45) is 1.27. The highest BCUT2D eigenvalue weighted by Gasteiger charge is 1.90. The molecule has 9 heavy (non-hydrogen) atoms. The Morgan fingerprint density at radius 2 is 2.00 bits per heavy atom. The van der Waals surface area contributed by atoms with Crippen LogP contribution >= 0.6 is 0 Å². The maximum Gasteiger partial charge on any atom is 0.0451 e. The average Bonchev–Trinajstić information content (AvgIpc) is 1.80. The van der Waals surface area contributed by atoms with Crippen molar-refractivity contribution >= 4 is 0 Å². The van der Waals surface area contributed by atoms with E-state index < -0.39 is 0 Å². The SMILES string of the molecule is CNCNCCC(C)C. The van der Waals surface area contributed by atoms with E-state index in [0.29, 0.717) is 0 Å². The summed E-state index contributed by atoms with van der Waals surface area (Å²) in [7, 11) is 1.95. The van der Waals surface area contributed by atoms with Crippen LogP contribution in [0.5, 0.6) is 0 Å². The molecule has 0 aromatic rings. The molecule has 0 saturated heterocycles. The van der Waals surface area contributed by atoms with Crippen molar-refractivity contribution in [1.82, 2.24) is 10.6 Å². The van der Waals surface area contributed by atoms with Gasteiger partial charge in [-0.05, 0) is 25.9 Å². The smallest absolute Gasteiger partial charge is 0.0451 e. The van der Waals surface area contributed by atoms with Crippen LogP contribution in [0.3, 0.4) is 0 Å². The van der Waals surface area contributed by atoms with Gasteiger partial charge in [0.15, 0.2) is 0 Å². The Kier molecular flexibility index (Phi) is 5.99. The largest absolute Gasteiger partial charge is 0.308 e. The van der Waals surface area contributed by atoms with Crippen molar-refractivity contribution in [1.29, 1.82) is 0 Å². The first kappa shape index (κ1) is 8.92. The highest BCUT2D eigenvalue weighted by Crippen LogP contribution is 1.95. The Bertz CT molecular complexity index is 52.9. The van der Waals surface area contributed by atoms with Crippen LogP contribution in [0.15, 0.2) is 0 Å². The molecule has 0 unspecified atom stereocenters. The highest BCUT2D eigenvalue weighted by atomic mass is 15.0. The predicted molar refractivity (Wildman–Crippen MR) is 41.4 cm³/mol. The molecule has 0 radical (unpaired) electrons. The minimum Gasteiger partial charge on any atom is -0.308 e. The van der Waals surface area contributed by atoms with E-state index in [-0.39, 0.29) is 0 Å². The fourth-order valence-corrected chi connectivity index (χ4v) is 0.604. The normalized spacial score (nSPS) is 10.7. The Balaban J connectivity index is 2.75. The summed E-state index contributed by atoms with van der Waals surface area (Å²) in [6, 6.07) is 0. The summed E-state index contributed by atoms with van der Waals surface area (Å²) in [5, 5.41) is 6.29. The molecular formula is C7H18N2. The van der Waals surface area contributed by atoms with E-state index in [2.05, 4.69) is 24.5 Å².